The molecule has 0 fully saturated rings. The number of phenolic OH excluding ortho intramolecular Hbond substituents is 1. The summed E-state index contributed by atoms with van der Waals surface area (Å²) in [4.78, 5) is 11.4. The molecule has 4 N–H and O–H groups in total. The number of hydrogen-bond acceptors (Lipinski definition) is 6. The molecule has 0 bridgehead atoms. The molecule has 0 spiro atoms. The Kier molecular flexibility index (Phi) is 7.15. The summed E-state index contributed by atoms with van der Waals surface area (Å²) in [5, 5.41) is 32.7. The minimum atomic E-state index is -0.773. The highest BCUT2D eigenvalue weighted by Crippen LogP contribution is 2.19. The Balaban J connectivity index is 1.79. The number of aliphatic hydroxyl groups excluding tert-OH is 2. The fourth-order valence-corrected chi connectivity index (χ4v) is 2.45. The number of carbonyl (C=O) groups is 1. The van der Waals surface area contributed by atoms with E-state index in [0.29, 0.717) is 16.9 Å². The van der Waals surface area contributed by atoms with Crippen molar-refractivity contribution >= 4 is 5.78 Å². The third kappa shape index (κ3) is 5.84. The molecule has 2 aromatic rings. The number of Topliss-reactive ketones (excluding diaryl/α,β-unsaturated/α-hetero) is 1. The van der Waals surface area contributed by atoms with Gasteiger partial charge in [-0.3, -0.25) is 4.79 Å². The van der Waals surface area contributed by atoms with Crippen molar-refractivity contribution in [2.24, 2.45) is 0 Å². The van der Waals surface area contributed by atoms with Crippen molar-refractivity contribution in [3.05, 3.63) is 59.7 Å². The van der Waals surface area contributed by atoms with Crippen molar-refractivity contribution in [3.8, 4) is 11.5 Å². The summed E-state index contributed by atoms with van der Waals surface area (Å²) >= 11 is 0. The molecule has 3 atom stereocenters. The van der Waals surface area contributed by atoms with Crippen LogP contribution in [0.2, 0.25) is 0 Å². The Morgan fingerprint density at radius 2 is 1.85 bits per heavy atom. The van der Waals surface area contributed by atoms with Gasteiger partial charge in [0.2, 0.25) is 0 Å². The van der Waals surface area contributed by atoms with E-state index in [9.17, 15) is 20.1 Å². The summed E-state index contributed by atoms with van der Waals surface area (Å²) in [6, 6.07) is 12.8. The Bertz CT molecular complexity index is 716. The van der Waals surface area contributed by atoms with Gasteiger partial charge in [-0.05, 0) is 43.7 Å². The molecule has 0 saturated carbocycles. The van der Waals surface area contributed by atoms with Crippen molar-refractivity contribution in [3.63, 3.8) is 0 Å². The van der Waals surface area contributed by atoms with Gasteiger partial charge in [0.1, 0.15) is 24.2 Å². The van der Waals surface area contributed by atoms with Gasteiger partial charge in [0.15, 0.2) is 5.78 Å². The molecule has 6 heteroatoms. The lowest BCUT2D eigenvalue weighted by Gasteiger charge is -2.22. The number of benzene rings is 2. The van der Waals surface area contributed by atoms with Gasteiger partial charge in [0, 0.05) is 18.2 Å². The van der Waals surface area contributed by atoms with Crippen LogP contribution in [0.5, 0.6) is 11.5 Å². The lowest BCUT2D eigenvalue weighted by molar-refractivity contribution is 0.0875. The molecular formula is C20H25NO5. The maximum Gasteiger partial charge on any atom is 0.159 e. The van der Waals surface area contributed by atoms with Crippen LogP contribution in [-0.2, 0) is 0 Å². The van der Waals surface area contributed by atoms with Crippen molar-refractivity contribution < 1.29 is 24.9 Å². The first-order valence-electron chi connectivity index (χ1n) is 8.49. The number of carbonyl (C=O) groups excluding carboxylic acids is 1. The van der Waals surface area contributed by atoms with Crippen LogP contribution in [0.1, 0.15) is 35.9 Å². The first-order valence-corrected chi connectivity index (χ1v) is 8.49. The predicted octanol–water partition coefficient (Wildman–Crippen LogP) is 2.05. The Morgan fingerprint density at radius 3 is 2.50 bits per heavy atom. The summed E-state index contributed by atoms with van der Waals surface area (Å²) in [6.07, 6.45) is -1.54. The topological polar surface area (TPSA) is 99.0 Å². The molecule has 140 valence electrons. The Hall–Kier alpha value is -2.41. The monoisotopic (exact) mass is 359 g/mol. The lowest BCUT2D eigenvalue weighted by atomic mass is 10.0. The molecule has 0 radical (unpaired) electrons. The van der Waals surface area contributed by atoms with Crippen molar-refractivity contribution in [2.75, 3.05) is 13.2 Å². The minimum absolute atomic E-state index is 0.0466. The first-order chi connectivity index (χ1) is 12.4. The summed E-state index contributed by atoms with van der Waals surface area (Å²) in [5.74, 6) is 0.617. The molecular weight excluding hydrogens is 334 g/mol. The smallest absolute Gasteiger partial charge is 0.159 e. The summed E-state index contributed by atoms with van der Waals surface area (Å²) in [7, 11) is 0. The molecule has 0 heterocycles. The van der Waals surface area contributed by atoms with Crippen LogP contribution in [0.15, 0.2) is 48.5 Å². The van der Waals surface area contributed by atoms with Gasteiger partial charge in [-0.1, -0.05) is 24.3 Å². The van der Waals surface area contributed by atoms with Gasteiger partial charge in [0.25, 0.3) is 0 Å². The van der Waals surface area contributed by atoms with E-state index in [0.717, 1.165) is 0 Å². The number of rotatable bonds is 9. The average molecular weight is 359 g/mol. The number of nitrogens with one attached hydrogen (secondary N) is 1. The number of hydrogen-bond donors (Lipinski definition) is 4. The van der Waals surface area contributed by atoms with Gasteiger partial charge in [-0.25, -0.2) is 0 Å². The van der Waals surface area contributed by atoms with Crippen LogP contribution < -0.4 is 10.1 Å². The standard InChI is InChI=1S/C20H25NO5/c1-13(20(25)15-6-8-17(23)9-7-15)21-11-18(24)12-26-19-5-3-4-16(10-19)14(2)22/h3-10,13,18,20-21,23-25H,11-12H2,1-2H3/t13-,18-,20+/m1/s1. The molecule has 6 nitrogen and oxygen atoms in total. The number of ketones is 1. The zero-order valence-electron chi connectivity index (χ0n) is 14.9. The third-order valence-electron chi connectivity index (χ3n) is 4.07. The van der Waals surface area contributed by atoms with E-state index >= 15 is 0 Å². The second-order valence-electron chi connectivity index (χ2n) is 6.28. The average Bonchev–Trinajstić information content (AvgIpc) is 2.64. The maximum absolute atomic E-state index is 11.4. The van der Waals surface area contributed by atoms with Crippen LogP contribution in [-0.4, -0.2) is 46.4 Å². The number of aromatic hydroxyl groups is 1. The number of phenols is 1. The molecule has 2 rings (SSSR count). The summed E-state index contributed by atoms with van der Waals surface area (Å²) < 4.78 is 5.52. The van der Waals surface area contributed by atoms with E-state index in [2.05, 4.69) is 5.32 Å². The van der Waals surface area contributed by atoms with E-state index in [1.807, 2.05) is 0 Å². The zero-order valence-corrected chi connectivity index (χ0v) is 14.9. The molecule has 0 amide bonds. The van der Waals surface area contributed by atoms with Crippen LogP contribution >= 0.6 is 0 Å². The van der Waals surface area contributed by atoms with E-state index in [-0.39, 0.29) is 30.7 Å². The van der Waals surface area contributed by atoms with Crippen molar-refractivity contribution in [1.82, 2.24) is 5.32 Å². The van der Waals surface area contributed by atoms with Gasteiger partial charge in [-0.2, -0.15) is 0 Å². The van der Waals surface area contributed by atoms with Crippen LogP contribution in [0.3, 0.4) is 0 Å². The van der Waals surface area contributed by atoms with E-state index in [1.165, 1.54) is 19.1 Å². The molecule has 0 aliphatic rings. The molecule has 0 aromatic heterocycles. The number of ether oxygens (including phenoxy) is 1. The Labute approximate surface area is 153 Å². The van der Waals surface area contributed by atoms with Gasteiger partial charge in [0.05, 0.1) is 6.10 Å². The highest BCUT2D eigenvalue weighted by molar-refractivity contribution is 5.94. The van der Waals surface area contributed by atoms with E-state index < -0.39 is 12.2 Å². The van der Waals surface area contributed by atoms with E-state index in [4.69, 9.17) is 4.74 Å². The molecule has 0 aliphatic carbocycles. The predicted molar refractivity (Wildman–Crippen MR) is 98.5 cm³/mol. The largest absolute Gasteiger partial charge is 0.508 e. The fraction of sp³-hybridized carbons (Fsp3) is 0.350. The third-order valence-corrected chi connectivity index (χ3v) is 4.07. The van der Waals surface area contributed by atoms with Crippen LogP contribution in [0.4, 0.5) is 0 Å². The quantitative estimate of drug-likeness (QED) is 0.512. The van der Waals surface area contributed by atoms with Gasteiger partial charge >= 0.3 is 0 Å². The van der Waals surface area contributed by atoms with Crippen molar-refractivity contribution in [1.29, 1.82) is 0 Å². The van der Waals surface area contributed by atoms with Gasteiger partial charge in [-0.15, -0.1) is 0 Å². The first kappa shape index (κ1) is 19.9. The van der Waals surface area contributed by atoms with Gasteiger partial charge < -0.3 is 25.4 Å². The summed E-state index contributed by atoms with van der Waals surface area (Å²) in [6.45, 7) is 3.60. The maximum atomic E-state index is 11.4. The minimum Gasteiger partial charge on any atom is -0.508 e. The normalized spacial score (nSPS) is 14.5. The van der Waals surface area contributed by atoms with E-state index in [1.54, 1.807) is 43.3 Å². The van der Waals surface area contributed by atoms with Crippen molar-refractivity contribution in [2.45, 2.75) is 32.1 Å². The summed E-state index contributed by atoms with van der Waals surface area (Å²) in [5.41, 5.74) is 1.23. The van der Waals surface area contributed by atoms with Crippen LogP contribution in [0, 0.1) is 0 Å². The molecule has 0 saturated heterocycles. The Morgan fingerprint density at radius 1 is 1.15 bits per heavy atom. The molecule has 2 aromatic carbocycles. The second-order valence-corrected chi connectivity index (χ2v) is 6.28. The molecule has 26 heavy (non-hydrogen) atoms. The fourth-order valence-electron chi connectivity index (χ4n) is 2.45. The lowest BCUT2D eigenvalue weighted by Crippen LogP contribution is -2.39. The highest BCUT2D eigenvalue weighted by Gasteiger charge is 2.17. The zero-order chi connectivity index (χ0) is 19.1. The molecule has 0 aliphatic heterocycles. The number of aliphatic hydroxyl groups is 2. The SMILES string of the molecule is CC(=O)c1cccc(OC[C@H](O)CN[C@H](C)[C@H](O)c2ccc(O)cc2)c1. The van der Waals surface area contributed by atoms with Crippen LogP contribution in [0.25, 0.3) is 0 Å². The highest BCUT2D eigenvalue weighted by atomic mass is 16.5. The molecule has 0 unspecified atom stereocenters. The second kappa shape index (κ2) is 9.33.